The van der Waals surface area contributed by atoms with Crippen molar-refractivity contribution in [2.75, 3.05) is 13.2 Å². The van der Waals surface area contributed by atoms with Crippen LogP contribution in [0.25, 0.3) is 0 Å². The SMILES string of the molecule is C=CCOC(=O)CC[C@@H]1NC(=O)[C@H](CCC(=O)OCC=C)NC1=O. The number of nitrogens with one attached hydrogen (secondary N) is 2. The topological polar surface area (TPSA) is 111 Å². The molecule has 1 aliphatic rings. The van der Waals surface area contributed by atoms with Crippen molar-refractivity contribution in [2.45, 2.75) is 37.8 Å². The van der Waals surface area contributed by atoms with Crippen LogP contribution >= 0.6 is 0 Å². The number of esters is 2. The van der Waals surface area contributed by atoms with Gasteiger partial charge in [-0.3, -0.25) is 19.2 Å². The van der Waals surface area contributed by atoms with Gasteiger partial charge in [-0.05, 0) is 12.8 Å². The van der Waals surface area contributed by atoms with Crippen molar-refractivity contribution >= 4 is 23.8 Å². The molecular weight excluding hydrogens is 316 g/mol. The first-order chi connectivity index (χ1) is 11.5. The van der Waals surface area contributed by atoms with Gasteiger partial charge in [-0.2, -0.15) is 0 Å². The second-order valence-electron chi connectivity index (χ2n) is 5.14. The van der Waals surface area contributed by atoms with E-state index in [1.54, 1.807) is 0 Å². The maximum atomic E-state index is 12.0. The Bertz CT molecular complexity index is 471. The maximum absolute atomic E-state index is 12.0. The third kappa shape index (κ3) is 6.64. The molecule has 2 N–H and O–H groups in total. The molecule has 0 saturated carbocycles. The Morgan fingerprint density at radius 3 is 1.58 bits per heavy atom. The van der Waals surface area contributed by atoms with E-state index in [1.807, 2.05) is 0 Å². The lowest BCUT2D eigenvalue weighted by Crippen LogP contribution is -2.61. The largest absolute Gasteiger partial charge is 0.461 e. The molecule has 0 aromatic rings. The van der Waals surface area contributed by atoms with Gasteiger partial charge in [-0.25, -0.2) is 0 Å². The Morgan fingerprint density at radius 1 is 0.875 bits per heavy atom. The van der Waals surface area contributed by atoms with Crippen LogP contribution < -0.4 is 10.6 Å². The van der Waals surface area contributed by atoms with E-state index in [0.29, 0.717) is 0 Å². The smallest absolute Gasteiger partial charge is 0.306 e. The first kappa shape index (κ1) is 19.4. The molecule has 0 aliphatic carbocycles. The molecule has 1 saturated heterocycles. The van der Waals surface area contributed by atoms with Gasteiger partial charge in [-0.1, -0.05) is 25.3 Å². The molecule has 1 fully saturated rings. The molecule has 0 aromatic heterocycles. The van der Waals surface area contributed by atoms with Crippen LogP contribution in [0.3, 0.4) is 0 Å². The van der Waals surface area contributed by atoms with E-state index >= 15 is 0 Å². The molecule has 0 unspecified atom stereocenters. The standard InChI is InChI=1S/C16H22N2O6/c1-3-9-23-13(19)7-5-11-15(21)18-12(16(22)17-11)6-8-14(20)24-10-4-2/h3-4,11-12H,1-2,5-10H2,(H,17,22)(H,18,21)/t11-,12-/m0/s1. The van der Waals surface area contributed by atoms with Gasteiger partial charge in [0.25, 0.3) is 0 Å². The Kier molecular flexibility index (Phi) is 8.24. The summed E-state index contributed by atoms with van der Waals surface area (Å²) in [6.45, 7) is 7.05. The molecule has 0 bridgehead atoms. The van der Waals surface area contributed by atoms with E-state index in [-0.39, 0.29) is 38.9 Å². The zero-order chi connectivity index (χ0) is 17.9. The van der Waals surface area contributed by atoms with Gasteiger partial charge >= 0.3 is 11.9 Å². The minimum atomic E-state index is -0.794. The lowest BCUT2D eigenvalue weighted by molar-refractivity contribution is -0.145. The molecule has 132 valence electrons. The number of piperazine rings is 1. The summed E-state index contributed by atoms with van der Waals surface area (Å²) in [5, 5.41) is 5.09. The minimum Gasteiger partial charge on any atom is -0.461 e. The zero-order valence-corrected chi connectivity index (χ0v) is 13.4. The second-order valence-corrected chi connectivity index (χ2v) is 5.14. The summed E-state index contributed by atoms with van der Waals surface area (Å²) < 4.78 is 9.61. The fourth-order valence-corrected chi connectivity index (χ4v) is 2.05. The number of hydrogen-bond donors (Lipinski definition) is 2. The van der Waals surface area contributed by atoms with Gasteiger partial charge < -0.3 is 20.1 Å². The highest BCUT2D eigenvalue weighted by Gasteiger charge is 2.33. The second kappa shape index (κ2) is 10.2. The van der Waals surface area contributed by atoms with E-state index in [1.165, 1.54) is 12.2 Å². The quantitative estimate of drug-likeness (QED) is 0.428. The molecule has 2 atom stereocenters. The summed E-state index contributed by atoms with van der Waals surface area (Å²) >= 11 is 0. The Morgan fingerprint density at radius 2 is 1.25 bits per heavy atom. The summed E-state index contributed by atoms with van der Waals surface area (Å²) in [6.07, 6.45) is 3.17. The predicted octanol–water partition coefficient (Wildman–Crippen LogP) is -0.0116. The molecule has 1 heterocycles. The first-order valence-corrected chi connectivity index (χ1v) is 7.61. The lowest BCUT2D eigenvalue weighted by atomic mass is 10.0. The van der Waals surface area contributed by atoms with Crippen LogP contribution in [0.15, 0.2) is 25.3 Å². The van der Waals surface area contributed by atoms with Gasteiger partial charge in [0.1, 0.15) is 25.3 Å². The van der Waals surface area contributed by atoms with Crippen molar-refractivity contribution in [3.63, 3.8) is 0 Å². The van der Waals surface area contributed by atoms with Crippen LogP contribution in [0.1, 0.15) is 25.7 Å². The van der Waals surface area contributed by atoms with E-state index in [2.05, 4.69) is 23.8 Å². The summed E-state index contributed by atoms with van der Waals surface area (Å²) in [6, 6.07) is -1.59. The van der Waals surface area contributed by atoms with Crippen molar-refractivity contribution in [2.24, 2.45) is 0 Å². The van der Waals surface area contributed by atoms with Crippen LogP contribution in [0.5, 0.6) is 0 Å². The van der Waals surface area contributed by atoms with Crippen molar-refractivity contribution in [3.8, 4) is 0 Å². The highest BCUT2D eigenvalue weighted by molar-refractivity contribution is 5.97. The summed E-state index contributed by atoms with van der Waals surface area (Å²) in [5.74, 6) is -1.72. The number of amides is 2. The van der Waals surface area contributed by atoms with Gasteiger partial charge in [0.15, 0.2) is 0 Å². The molecule has 1 aliphatic heterocycles. The van der Waals surface area contributed by atoms with Crippen molar-refractivity contribution in [1.29, 1.82) is 0 Å². The van der Waals surface area contributed by atoms with Crippen LogP contribution in [-0.4, -0.2) is 49.1 Å². The summed E-state index contributed by atoms with van der Waals surface area (Å²) in [5.41, 5.74) is 0. The average molecular weight is 338 g/mol. The minimum absolute atomic E-state index is 0.00471. The molecule has 0 aromatic carbocycles. The van der Waals surface area contributed by atoms with Gasteiger partial charge in [0.2, 0.25) is 11.8 Å². The Labute approximate surface area is 140 Å². The monoisotopic (exact) mass is 338 g/mol. The molecule has 0 spiro atoms. The number of ether oxygens (including phenoxy) is 2. The first-order valence-electron chi connectivity index (χ1n) is 7.61. The molecule has 24 heavy (non-hydrogen) atoms. The molecule has 2 amide bonds. The van der Waals surface area contributed by atoms with Crippen molar-refractivity contribution in [3.05, 3.63) is 25.3 Å². The zero-order valence-electron chi connectivity index (χ0n) is 13.4. The molecular formula is C16H22N2O6. The Hall–Kier alpha value is -2.64. The van der Waals surface area contributed by atoms with Crippen LogP contribution in [0.2, 0.25) is 0 Å². The van der Waals surface area contributed by atoms with Gasteiger partial charge in [0, 0.05) is 12.8 Å². The van der Waals surface area contributed by atoms with Gasteiger partial charge in [0.05, 0.1) is 0 Å². The molecule has 8 heteroatoms. The maximum Gasteiger partial charge on any atom is 0.306 e. The number of carbonyl (C=O) groups excluding carboxylic acids is 4. The van der Waals surface area contributed by atoms with E-state index in [9.17, 15) is 19.2 Å². The third-order valence-electron chi connectivity index (χ3n) is 3.26. The van der Waals surface area contributed by atoms with Crippen LogP contribution in [0, 0.1) is 0 Å². The van der Waals surface area contributed by atoms with Crippen molar-refractivity contribution < 1.29 is 28.7 Å². The van der Waals surface area contributed by atoms with Crippen LogP contribution in [0.4, 0.5) is 0 Å². The van der Waals surface area contributed by atoms with Crippen molar-refractivity contribution in [1.82, 2.24) is 10.6 Å². The lowest BCUT2D eigenvalue weighted by Gasteiger charge is -2.29. The van der Waals surface area contributed by atoms with E-state index in [0.717, 1.165) is 0 Å². The summed E-state index contributed by atoms with van der Waals surface area (Å²) in [4.78, 5) is 46.7. The van der Waals surface area contributed by atoms with E-state index in [4.69, 9.17) is 9.47 Å². The van der Waals surface area contributed by atoms with E-state index < -0.39 is 35.8 Å². The number of carbonyl (C=O) groups is 4. The molecule has 1 rings (SSSR count). The molecule has 0 radical (unpaired) electrons. The normalized spacial score (nSPS) is 19.7. The van der Waals surface area contributed by atoms with Crippen LogP contribution in [-0.2, 0) is 28.7 Å². The number of hydrogen-bond acceptors (Lipinski definition) is 6. The molecule has 8 nitrogen and oxygen atoms in total. The highest BCUT2D eigenvalue weighted by Crippen LogP contribution is 2.09. The highest BCUT2D eigenvalue weighted by atomic mass is 16.5. The fourth-order valence-electron chi connectivity index (χ4n) is 2.05. The van der Waals surface area contributed by atoms with Gasteiger partial charge in [-0.15, -0.1) is 0 Å². The Balaban J connectivity index is 2.38. The predicted molar refractivity (Wildman–Crippen MR) is 84.6 cm³/mol. The number of rotatable bonds is 10. The fraction of sp³-hybridized carbons (Fsp3) is 0.500. The summed E-state index contributed by atoms with van der Waals surface area (Å²) in [7, 11) is 0. The average Bonchev–Trinajstić information content (AvgIpc) is 2.57. The third-order valence-corrected chi connectivity index (χ3v) is 3.26.